The lowest BCUT2D eigenvalue weighted by atomic mass is 9.86. The van der Waals surface area contributed by atoms with Gasteiger partial charge in [-0.3, -0.25) is 9.69 Å². The topological polar surface area (TPSA) is 57.6 Å². The molecule has 0 fully saturated rings. The van der Waals surface area contributed by atoms with Crippen molar-refractivity contribution in [2.45, 2.75) is 25.6 Å². The molecule has 0 bridgehead atoms. The third-order valence-electron chi connectivity index (χ3n) is 3.32. The number of fused-ring (bicyclic) bond motifs is 1. The number of carbonyl (C=O) groups excluding carboxylic acids is 1. The molecule has 108 valence electrons. The summed E-state index contributed by atoms with van der Waals surface area (Å²) in [5.74, 6) is -4.19. The Morgan fingerprint density at radius 1 is 1.30 bits per heavy atom. The minimum atomic E-state index is -5.11. The molecule has 0 unspecified atom stereocenters. The summed E-state index contributed by atoms with van der Waals surface area (Å²) in [5.41, 5.74) is 0.551. The minimum absolute atomic E-state index is 0.0142. The van der Waals surface area contributed by atoms with Crippen molar-refractivity contribution >= 4 is 17.6 Å². The van der Waals surface area contributed by atoms with Crippen molar-refractivity contribution in [2.75, 3.05) is 4.90 Å². The number of halogens is 3. The predicted molar refractivity (Wildman–Crippen MR) is 64.3 cm³/mol. The molecule has 0 saturated carbocycles. The molecule has 0 aromatic heterocycles. The number of carboxylic acids is 1. The molecule has 2 atom stereocenters. The smallest absolute Gasteiger partial charge is 0.471 e. The highest BCUT2D eigenvalue weighted by Gasteiger charge is 2.50. The average molecular weight is 287 g/mol. The number of carbonyl (C=O) groups is 2. The zero-order valence-corrected chi connectivity index (χ0v) is 10.5. The van der Waals surface area contributed by atoms with Gasteiger partial charge in [-0.2, -0.15) is 13.2 Å². The van der Waals surface area contributed by atoms with Crippen LogP contribution in [0, 0.1) is 5.92 Å². The molecule has 0 spiro atoms. The van der Waals surface area contributed by atoms with Crippen LogP contribution in [0.4, 0.5) is 18.9 Å². The molecule has 1 aliphatic heterocycles. The third-order valence-corrected chi connectivity index (χ3v) is 3.32. The number of hydrogen-bond donors (Lipinski definition) is 1. The standard InChI is InChI=1S/C13H12F3NO3/c1-7-6-8-4-2-3-5-9(8)17(10(7)11(18)19)12(20)13(14,15)16/h2-5,7,10H,6H2,1H3,(H,18,19)/t7-,10+/m0/s1. The molecule has 7 heteroatoms. The van der Waals surface area contributed by atoms with Gasteiger partial charge in [0.25, 0.3) is 0 Å². The van der Waals surface area contributed by atoms with Crippen LogP contribution in [0.2, 0.25) is 0 Å². The van der Waals surface area contributed by atoms with E-state index in [1.54, 1.807) is 12.1 Å². The van der Waals surface area contributed by atoms with Crippen molar-refractivity contribution in [2.24, 2.45) is 5.92 Å². The molecule has 4 nitrogen and oxygen atoms in total. The maximum atomic E-state index is 12.7. The molecule has 1 amide bonds. The molecular weight excluding hydrogens is 275 g/mol. The molecule has 0 saturated heterocycles. The number of benzene rings is 1. The van der Waals surface area contributed by atoms with E-state index in [1.165, 1.54) is 19.1 Å². The van der Waals surface area contributed by atoms with Gasteiger partial charge in [0.1, 0.15) is 6.04 Å². The van der Waals surface area contributed by atoms with Crippen LogP contribution in [-0.4, -0.2) is 29.2 Å². The van der Waals surface area contributed by atoms with E-state index in [2.05, 4.69) is 0 Å². The van der Waals surface area contributed by atoms with E-state index in [1.807, 2.05) is 0 Å². The van der Waals surface area contributed by atoms with Crippen LogP contribution in [0.15, 0.2) is 24.3 Å². The molecule has 1 heterocycles. The van der Waals surface area contributed by atoms with Gasteiger partial charge in [-0.05, 0) is 24.0 Å². The van der Waals surface area contributed by atoms with E-state index in [-0.39, 0.29) is 5.69 Å². The molecule has 1 aliphatic rings. The van der Waals surface area contributed by atoms with Crippen LogP contribution in [0.25, 0.3) is 0 Å². The highest BCUT2D eigenvalue weighted by molar-refractivity contribution is 6.03. The Bertz CT molecular complexity index is 556. The summed E-state index contributed by atoms with van der Waals surface area (Å²) in [6.45, 7) is 1.52. The zero-order chi connectivity index (χ0) is 15.1. The Morgan fingerprint density at radius 3 is 2.45 bits per heavy atom. The van der Waals surface area contributed by atoms with Gasteiger partial charge in [0.2, 0.25) is 0 Å². The molecular formula is C13H12F3NO3. The number of rotatable bonds is 1. The predicted octanol–water partition coefficient (Wildman–Crippen LogP) is 2.23. The van der Waals surface area contributed by atoms with Crippen molar-refractivity contribution in [3.8, 4) is 0 Å². The number of alkyl halides is 3. The van der Waals surface area contributed by atoms with Gasteiger partial charge < -0.3 is 5.11 Å². The number of para-hydroxylation sites is 1. The fourth-order valence-electron chi connectivity index (χ4n) is 2.51. The first-order valence-electron chi connectivity index (χ1n) is 5.94. The Morgan fingerprint density at radius 2 is 1.90 bits per heavy atom. The van der Waals surface area contributed by atoms with E-state index in [4.69, 9.17) is 5.11 Å². The number of anilines is 1. The SMILES string of the molecule is C[C@H]1Cc2ccccc2N(C(=O)C(F)(F)F)[C@H]1C(=O)O. The molecule has 1 aromatic rings. The lowest BCUT2D eigenvalue weighted by Crippen LogP contribution is -2.56. The van der Waals surface area contributed by atoms with Gasteiger partial charge >= 0.3 is 18.1 Å². The van der Waals surface area contributed by atoms with Gasteiger partial charge in [-0.25, -0.2) is 4.79 Å². The van der Waals surface area contributed by atoms with Crippen molar-refractivity contribution in [3.05, 3.63) is 29.8 Å². The molecule has 0 aliphatic carbocycles. The summed E-state index contributed by atoms with van der Waals surface area (Å²) in [6, 6.07) is 4.54. The summed E-state index contributed by atoms with van der Waals surface area (Å²) in [7, 11) is 0. The van der Waals surface area contributed by atoms with E-state index in [0.29, 0.717) is 16.9 Å². The van der Waals surface area contributed by atoms with Gasteiger partial charge in [-0.15, -0.1) is 0 Å². The summed E-state index contributed by atoms with van der Waals surface area (Å²) in [5, 5.41) is 9.16. The summed E-state index contributed by atoms with van der Waals surface area (Å²) in [4.78, 5) is 23.2. The van der Waals surface area contributed by atoms with Crippen molar-refractivity contribution in [1.29, 1.82) is 0 Å². The van der Waals surface area contributed by atoms with E-state index >= 15 is 0 Å². The molecule has 0 radical (unpaired) electrons. The summed E-state index contributed by atoms with van der Waals surface area (Å²) >= 11 is 0. The Kier molecular flexibility index (Phi) is 3.45. The number of carboxylic acid groups (broad SMARTS) is 1. The first-order valence-corrected chi connectivity index (χ1v) is 5.94. The lowest BCUT2D eigenvalue weighted by molar-refractivity contribution is -0.172. The van der Waals surface area contributed by atoms with Crippen molar-refractivity contribution < 1.29 is 27.9 Å². The molecule has 1 aromatic carbocycles. The maximum absolute atomic E-state index is 12.7. The van der Waals surface area contributed by atoms with E-state index in [9.17, 15) is 22.8 Å². The van der Waals surface area contributed by atoms with Crippen LogP contribution in [-0.2, 0) is 16.0 Å². The lowest BCUT2D eigenvalue weighted by Gasteiger charge is -2.38. The molecule has 20 heavy (non-hydrogen) atoms. The van der Waals surface area contributed by atoms with E-state index < -0.39 is 30.0 Å². The number of amides is 1. The van der Waals surface area contributed by atoms with Crippen LogP contribution in [0.5, 0.6) is 0 Å². The van der Waals surface area contributed by atoms with Crippen molar-refractivity contribution in [1.82, 2.24) is 0 Å². The number of aliphatic carboxylic acids is 1. The third kappa shape index (κ3) is 2.35. The summed E-state index contributed by atoms with van der Waals surface area (Å²) < 4.78 is 38.1. The first kappa shape index (κ1) is 14.4. The minimum Gasteiger partial charge on any atom is -0.480 e. The van der Waals surface area contributed by atoms with Gasteiger partial charge in [0.05, 0.1) is 0 Å². The largest absolute Gasteiger partial charge is 0.480 e. The Hall–Kier alpha value is -2.05. The van der Waals surface area contributed by atoms with Gasteiger partial charge in [-0.1, -0.05) is 25.1 Å². The number of hydrogen-bond acceptors (Lipinski definition) is 2. The second-order valence-corrected chi connectivity index (χ2v) is 4.77. The fraction of sp³-hybridized carbons (Fsp3) is 0.385. The highest BCUT2D eigenvalue weighted by atomic mass is 19.4. The van der Waals surface area contributed by atoms with Crippen LogP contribution in [0.3, 0.4) is 0 Å². The Balaban J connectivity index is 2.57. The monoisotopic (exact) mass is 287 g/mol. The molecule has 1 N–H and O–H groups in total. The van der Waals surface area contributed by atoms with Crippen molar-refractivity contribution in [3.63, 3.8) is 0 Å². The van der Waals surface area contributed by atoms with E-state index in [0.717, 1.165) is 0 Å². The van der Waals surface area contributed by atoms with Crippen LogP contribution < -0.4 is 4.90 Å². The number of nitrogens with zero attached hydrogens (tertiary/aromatic N) is 1. The maximum Gasteiger partial charge on any atom is 0.471 e. The van der Waals surface area contributed by atoms with Gasteiger partial charge in [0, 0.05) is 5.69 Å². The average Bonchev–Trinajstić information content (AvgIpc) is 2.34. The summed E-state index contributed by atoms with van der Waals surface area (Å²) in [6.07, 6.45) is -4.80. The normalized spacial score (nSPS) is 22.3. The van der Waals surface area contributed by atoms with Crippen LogP contribution in [0.1, 0.15) is 12.5 Å². The zero-order valence-electron chi connectivity index (χ0n) is 10.5. The highest BCUT2D eigenvalue weighted by Crippen LogP contribution is 2.36. The van der Waals surface area contributed by atoms with Gasteiger partial charge in [0.15, 0.2) is 0 Å². The second-order valence-electron chi connectivity index (χ2n) is 4.77. The second kappa shape index (κ2) is 4.81. The first-order chi connectivity index (χ1) is 9.23. The fourth-order valence-corrected chi connectivity index (χ4v) is 2.51. The van der Waals surface area contributed by atoms with Crippen LogP contribution >= 0.6 is 0 Å². The quantitative estimate of drug-likeness (QED) is 0.861. The Labute approximate surface area is 112 Å². The molecule has 2 rings (SSSR count).